The van der Waals surface area contributed by atoms with Gasteiger partial charge in [0.05, 0.1) is 26.2 Å². The topological polar surface area (TPSA) is 30.7 Å². The van der Waals surface area contributed by atoms with Crippen molar-refractivity contribution in [2.24, 2.45) is 5.92 Å². The number of nitrogens with zero attached hydrogens (tertiary/aromatic N) is 3. The third-order valence-electron chi connectivity index (χ3n) is 3.21. The largest absolute Gasteiger partial charge is 0.244 e. The van der Waals surface area contributed by atoms with Gasteiger partial charge in [0.2, 0.25) is 0 Å². The summed E-state index contributed by atoms with van der Waals surface area (Å²) in [6.07, 6.45) is 6.25. The standard InChI is InChI=1S/C11H11ClIN3/c1-6(7-2-3-7)16-11-8(4-15-16)10(12)9(13)5-14-11/h4-7H,2-3H2,1H3. The third kappa shape index (κ3) is 1.62. The first-order chi connectivity index (χ1) is 7.68. The van der Waals surface area contributed by atoms with Crippen molar-refractivity contribution in [2.45, 2.75) is 25.8 Å². The summed E-state index contributed by atoms with van der Waals surface area (Å²) in [5.41, 5.74) is 0.907. The van der Waals surface area contributed by atoms with Crippen LogP contribution < -0.4 is 0 Å². The van der Waals surface area contributed by atoms with E-state index in [0.717, 1.165) is 25.5 Å². The maximum absolute atomic E-state index is 6.24. The van der Waals surface area contributed by atoms with Crippen molar-refractivity contribution < 1.29 is 0 Å². The van der Waals surface area contributed by atoms with E-state index in [4.69, 9.17) is 11.6 Å². The fourth-order valence-electron chi connectivity index (χ4n) is 2.02. The van der Waals surface area contributed by atoms with Gasteiger partial charge in [-0.25, -0.2) is 9.67 Å². The maximum Gasteiger partial charge on any atom is 0.159 e. The van der Waals surface area contributed by atoms with Gasteiger partial charge in [0.15, 0.2) is 5.65 Å². The highest BCUT2D eigenvalue weighted by Gasteiger charge is 2.30. The highest BCUT2D eigenvalue weighted by atomic mass is 127. The van der Waals surface area contributed by atoms with Gasteiger partial charge in [0.1, 0.15) is 0 Å². The molecule has 0 saturated heterocycles. The summed E-state index contributed by atoms with van der Waals surface area (Å²) in [4.78, 5) is 4.44. The van der Waals surface area contributed by atoms with E-state index in [1.165, 1.54) is 12.8 Å². The van der Waals surface area contributed by atoms with Crippen molar-refractivity contribution in [1.29, 1.82) is 0 Å². The molecule has 0 radical (unpaired) electrons. The van der Waals surface area contributed by atoms with Gasteiger partial charge >= 0.3 is 0 Å². The number of rotatable bonds is 2. The van der Waals surface area contributed by atoms with Gasteiger partial charge in [-0.05, 0) is 48.3 Å². The summed E-state index contributed by atoms with van der Waals surface area (Å²) >= 11 is 8.43. The van der Waals surface area contributed by atoms with Crippen LogP contribution in [-0.2, 0) is 0 Å². The van der Waals surface area contributed by atoms with Gasteiger partial charge < -0.3 is 0 Å². The van der Waals surface area contributed by atoms with E-state index < -0.39 is 0 Å². The molecule has 1 aliphatic carbocycles. The predicted molar refractivity (Wildman–Crippen MR) is 72.7 cm³/mol. The van der Waals surface area contributed by atoms with Crippen molar-refractivity contribution >= 4 is 45.2 Å². The van der Waals surface area contributed by atoms with Crippen LogP contribution in [0.25, 0.3) is 11.0 Å². The second kappa shape index (κ2) is 3.84. The fraction of sp³-hybridized carbons (Fsp3) is 0.455. The lowest BCUT2D eigenvalue weighted by Gasteiger charge is -2.11. The van der Waals surface area contributed by atoms with Crippen molar-refractivity contribution in [3.05, 3.63) is 21.0 Å². The minimum Gasteiger partial charge on any atom is -0.244 e. The maximum atomic E-state index is 6.24. The van der Waals surface area contributed by atoms with Crippen molar-refractivity contribution in [2.75, 3.05) is 0 Å². The van der Waals surface area contributed by atoms with E-state index >= 15 is 0 Å². The SMILES string of the molecule is CC(C1CC1)n1ncc2c(Cl)c(I)cnc21. The highest BCUT2D eigenvalue weighted by Crippen LogP contribution is 2.40. The van der Waals surface area contributed by atoms with Crippen molar-refractivity contribution in [1.82, 2.24) is 14.8 Å². The molecule has 2 aromatic heterocycles. The number of hydrogen-bond donors (Lipinski definition) is 0. The molecule has 1 aliphatic rings. The molecule has 16 heavy (non-hydrogen) atoms. The molecule has 0 N–H and O–H groups in total. The minimum absolute atomic E-state index is 0.432. The Kier molecular flexibility index (Phi) is 2.58. The van der Waals surface area contributed by atoms with E-state index in [0.29, 0.717) is 6.04 Å². The minimum atomic E-state index is 0.432. The third-order valence-corrected chi connectivity index (χ3v) is 4.75. The van der Waals surface area contributed by atoms with Crippen LogP contribution in [-0.4, -0.2) is 14.8 Å². The highest BCUT2D eigenvalue weighted by molar-refractivity contribution is 14.1. The lowest BCUT2D eigenvalue weighted by molar-refractivity contribution is 0.451. The monoisotopic (exact) mass is 347 g/mol. The van der Waals surface area contributed by atoms with Crippen LogP contribution >= 0.6 is 34.2 Å². The molecule has 84 valence electrons. The molecule has 0 amide bonds. The number of fused-ring (bicyclic) bond motifs is 1. The average Bonchev–Trinajstić information content (AvgIpc) is 3.03. The molecule has 1 fully saturated rings. The molecular weight excluding hydrogens is 336 g/mol. The Morgan fingerprint density at radius 1 is 1.50 bits per heavy atom. The zero-order valence-corrected chi connectivity index (χ0v) is 11.7. The zero-order valence-electron chi connectivity index (χ0n) is 8.82. The molecule has 1 saturated carbocycles. The van der Waals surface area contributed by atoms with Crippen LogP contribution in [0.2, 0.25) is 5.02 Å². The van der Waals surface area contributed by atoms with Gasteiger partial charge in [0.25, 0.3) is 0 Å². The number of aromatic nitrogens is 3. The Morgan fingerprint density at radius 2 is 2.25 bits per heavy atom. The molecule has 3 rings (SSSR count). The number of halogens is 2. The quantitative estimate of drug-likeness (QED) is 0.776. The van der Waals surface area contributed by atoms with Gasteiger partial charge in [-0.2, -0.15) is 5.10 Å². The first-order valence-electron chi connectivity index (χ1n) is 5.35. The van der Waals surface area contributed by atoms with Crippen LogP contribution in [0.3, 0.4) is 0 Å². The van der Waals surface area contributed by atoms with Crippen LogP contribution in [0, 0.1) is 9.49 Å². The van der Waals surface area contributed by atoms with Gasteiger partial charge in [-0.15, -0.1) is 0 Å². The van der Waals surface area contributed by atoms with Gasteiger partial charge in [0, 0.05) is 6.20 Å². The van der Waals surface area contributed by atoms with Gasteiger partial charge in [-0.1, -0.05) is 11.6 Å². The van der Waals surface area contributed by atoms with Crippen molar-refractivity contribution in [3.63, 3.8) is 0 Å². The van der Waals surface area contributed by atoms with Crippen molar-refractivity contribution in [3.8, 4) is 0 Å². The molecule has 1 atom stereocenters. The van der Waals surface area contributed by atoms with E-state index in [-0.39, 0.29) is 0 Å². The van der Waals surface area contributed by atoms with Crippen LogP contribution in [0.5, 0.6) is 0 Å². The summed E-state index contributed by atoms with van der Waals surface area (Å²) < 4.78 is 2.99. The summed E-state index contributed by atoms with van der Waals surface area (Å²) in [6, 6.07) is 0.432. The Balaban J connectivity index is 2.16. The average molecular weight is 348 g/mol. The second-order valence-corrected chi connectivity index (χ2v) is 5.86. The first kappa shape index (κ1) is 10.8. The van der Waals surface area contributed by atoms with E-state index in [9.17, 15) is 0 Å². The number of pyridine rings is 1. The van der Waals surface area contributed by atoms with Crippen LogP contribution in [0.4, 0.5) is 0 Å². The molecule has 0 bridgehead atoms. The molecule has 2 aromatic rings. The normalized spacial score (nSPS) is 17.9. The molecule has 0 aliphatic heterocycles. The molecule has 0 aromatic carbocycles. The Labute approximate surface area is 112 Å². The molecule has 2 heterocycles. The smallest absolute Gasteiger partial charge is 0.159 e. The molecule has 1 unspecified atom stereocenters. The van der Waals surface area contributed by atoms with E-state index in [2.05, 4.69) is 39.6 Å². The molecular formula is C11H11ClIN3. The predicted octanol–water partition coefficient (Wildman–Crippen LogP) is 3.66. The van der Waals surface area contributed by atoms with Crippen LogP contribution in [0.1, 0.15) is 25.8 Å². The summed E-state index contributed by atoms with van der Waals surface area (Å²) in [7, 11) is 0. The zero-order chi connectivity index (χ0) is 11.3. The van der Waals surface area contributed by atoms with E-state index in [1.54, 1.807) is 0 Å². The summed E-state index contributed by atoms with van der Waals surface area (Å²) in [6.45, 7) is 2.21. The lowest BCUT2D eigenvalue weighted by Crippen LogP contribution is -2.09. The Bertz CT molecular complexity index is 547. The number of hydrogen-bond acceptors (Lipinski definition) is 2. The molecule has 5 heteroatoms. The Morgan fingerprint density at radius 3 is 2.94 bits per heavy atom. The lowest BCUT2D eigenvalue weighted by atomic mass is 10.2. The van der Waals surface area contributed by atoms with E-state index in [1.807, 2.05) is 17.1 Å². The summed E-state index contributed by atoms with van der Waals surface area (Å²) in [5.74, 6) is 0.767. The second-order valence-electron chi connectivity index (χ2n) is 4.32. The summed E-state index contributed by atoms with van der Waals surface area (Å²) in [5, 5.41) is 6.15. The molecule has 0 spiro atoms. The van der Waals surface area contributed by atoms with Crippen LogP contribution in [0.15, 0.2) is 12.4 Å². The Hall–Kier alpha value is -0.360. The molecule has 3 nitrogen and oxygen atoms in total. The first-order valence-corrected chi connectivity index (χ1v) is 6.81. The van der Waals surface area contributed by atoms with Gasteiger partial charge in [-0.3, -0.25) is 0 Å². The fourth-order valence-corrected chi connectivity index (χ4v) is 2.63.